The zero-order valence-electron chi connectivity index (χ0n) is 15.1. The molecule has 1 aliphatic rings. The first-order valence-corrected chi connectivity index (χ1v) is 8.27. The lowest BCUT2D eigenvalue weighted by Gasteiger charge is -2.20. The normalized spacial score (nSPS) is 17.2. The predicted octanol–water partition coefficient (Wildman–Crippen LogP) is 4.39. The molecule has 0 spiro atoms. The number of aliphatic imine (C=N–C) groups is 1. The van der Waals surface area contributed by atoms with Crippen LogP contribution in [0.1, 0.15) is 52.6 Å². The van der Waals surface area contributed by atoms with Gasteiger partial charge in [-0.15, -0.1) is 0 Å². The highest BCUT2D eigenvalue weighted by Crippen LogP contribution is 2.32. The minimum Gasteiger partial charge on any atom is -0.444 e. The van der Waals surface area contributed by atoms with Crippen molar-refractivity contribution in [3.8, 4) is 0 Å². The number of aryl methyl sites for hydroxylation is 1. The van der Waals surface area contributed by atoms with Crippen molar-refractivity contribution in [3.63, 3.8) is 0 Å². The van der Waals surface area contributed by atoms with Crippen molar-refractivity contribution in [2.24, 2.45) is 16.8 Å². The molecule has 130 valence electrons. The number of carbonyl (C=O) groups is 1. The van der Waals surface area contributed by atoms with Gasteiger partial charge in [0, 0.05) is 6.21 Å². The number of rotatable bonds is 3. The first kappa shape index (κ1) is 18.1. The molecular weight excluding hydrogens is 304 g/mol. The summed E-state index contributed by atoms with van der Waals surface area (Å²) in [5, 5.41) is 2.70. The van der Waals surface area contributed by atoms with E-state index in [9.17, 15) is 4.79 Å². The summed E-state index contributed by atoms with van der Waals surface area (Å²) in [6.45, 7) is 13.5. The number of nitrogens with one attached hydrogen (secondary N) is 1. The number of amides is 1. The first-order chi connectivity index (χ1) is 11.2. The third-order valence-corrected chi connectivity index (χ3v) is 3.74. The van der Waals surface area contributed by atoms with Crippen LogP contribution in [0.2, 0.25) is 0 Å². The van der Waals surface area contributed by atoms with Crippen LogP contribution < -0.4 is 5.32 Å². The van der Waals surface area contributed by atoms with Gasteiger partial charge in [-0.25, -0.2) is 14.8 Å². The third-order valence-electron chi connectivity index (χ3n) is 3.74. The van der Waals surface area contributed by atoms with Crippen LogP contribution in [0.15, 0.2) is 11.6 Å². The van der Waals surface area contributed by atoms with Crippen LogP contribution in [0.25, 0.3) is 6.08 Å². The van der Waals surface area contributed by atoms with Crippen molar-refractivity contribution in [1.29, 1.82) is 0 Å². The lowest BCUT2D eigenvalue weighted by atomic mass is 9.92. The molecule has 1 aromatic rings. The molecule has 24 heavy (non-hydrogen) atoms. The van der Waals surface area contributed by atoms with Crippen LogP contribution in [0.3, 0.4) is 0 Å². The fourth-order valence-corrected chi connectivity index (χ4v) is 2.46. The number of ether oxygens (including phenoxy) is 1. The standard InChI is InChI=1S/C18H26N4O2/c1-7-14-20-13-9-8-12(11(2)3)10-19-15(13)16(21-14)22-17(23)24-18(4,5)6/h7,10-12H,1,8-9H2,2-6H3,(H,20,21,22,23). The molecule has 0 aromatic carbocycles. The van der Waals surface area contributed by atoms with E-state index in [2.05, 4.69) is 40.7 Å². The Morgan fingerprint density at radius 2 is 2.12 bits per heavy atom. The Bertz CT molecular complexity index is 660. The van der Waals surface area contributed by atoms with Gasteiger partial charge in [0.1, 0.15) is 11.3 Å². The highest BCUT2D eigenvalue weighted by Gasteiger charge is 2.23. The molecule has 6 nitrogen and oxygen atoms in total. The second-order valence-electron chi connectivity index (χ2n) is 7.28. The van der Waals surface area contributed by atoms with Crippen LogP contribution in [0, 0.1) is 11.8 Å². The van der Waals surface area contributed by atoms with Crippen molar-refractivity contribution in [2.75, 3.05) is 5.32 Å². The van der Waals surface area contributed by atoms with Gasteiger partial charge in [-0.05, 0) is 51.5 Å². The van der Waals surface area contributed by atoms with E-state index in [1.807, 2.05) is 27.0 Å². The molecule has 0 aliphatic carbocycles. The van der Waals surface area contributed by atoms with Gasteiger partial charge in [0.25, 0.3) is 0 Å². The molecular formula is C18H26N4O2. The number of nitrogens with zero attached hydrogens (tertiary/aromatic N) is 3. The maximum absolute atomic E-state index is 12.1. The van der Waals surface area contributed by atoms with E-state index in [4.69, 9.17) is 4.74 Å². The van der Waals surface area contributed by atoms with Crippen molar-refractivity contribution in [2.45, 2.75) is 53.1 Å². The average molecular weight is 330 g/mol. The molecule has 1 atom stereocenters. The van der Waals surface area contributed by atoms with E-state index in [1.54, 1.807) is 6.08 Å². The Morgan fingerprint density at radius 1 is 1.42 bits per heavy atom. The Morgan fingerprint density at radius 3 is 2.71 bits per heavy atom. The average Bonchev–Trinajstić information content (AvgIpc) is 2.67. The predicted molar refractivity (Wildman–Crippen MR) is 96.8 cm³/mol. The molecule has 1 N–H and O–H groups in total. The van der Waals surface area contributed by atoms with Gasteiger partial charge < -0.3 is 4.74 Å². The van der Waals surface area contributed by atoms with E-state index in [-0.39, 0.29) is 0 Å². The summed E-state index contributed by atoms with van der Waals surface area (Å²) in [5.41, 5.74) is 0.849. The van der Waals surface area contributed by atoms with Gasteiger partial charge in [0.2, 0.25) is 0 Å². The van der Waals surface area contributed by atoms with Gasteiger partial charge in [0.05, 0.1) is 5.69 Å². The maximum atomic E-state index is 12.1. The minimum atomic E-state index is -0.582. The van der Waals surface area contributed by atoms with Crippen LogP contribution in [-0.4, -0.2) is 27.9 Å². The molecule has 2 rings (SSSR count). The van der Waals surface area contributed by atoms with Crippen LogP contribution in [0.5, 0.6) is 0 Å². The second-order valence-corrected chi connectivity index (χ2v) is 7.28. The van der Waals surface area contributed by atoms with Crippen LogP contribution in [-0.2, 0) is 11.2 Å². The topological polar surface area (TPSA) is 76.5 Å². The molecule has 6 heteroatoms. The van der Waals surface area contributed by atoms with E-state index in [0.29, 0.717) is 29.2 Å². The molecule has 0 fully saturated rings. The van der Waals surface area contributed by atoms with Crippen LogP contribution in [0.4, 0.5) is 16.3 Å². The first-order valence-electron chi connectivity index (χ1n) is 8.27. The number of hydrogen-bond acceptors (Lipinski definition) is 5. The van der Waals surface area contributed by atoms with Crippen LogP contribution >= 0.6 is 0 Å². The molecule has 0 saturated heterocycles. The van der Waals surface area contributed by atoms with Crippen molar-refractivity contribution in [1.82, 2.24) is 9.97 Å². The lowest BCUT2D eigenvalue weighted by Crippen LogP contribution is -2.27. The number of aromatic nitrogens is 2. The molecule has 2 heterocycles. The molecule has 1 aromatic heterocycles. The molecule has 0 bridgehead atoms. The Balaban J connectivity index is 2.35. The summed E-state index contributed by atoms with van der Waals surface area (Å²) in [6.07, 6.45) is 4.69. The second kappa shape index (κ2) is 7.11. The van der Waals surface area contributed by atoms with Gasteiger partial charge in [-0.2, -0.15) is 0 Å². The lowest BCUT2D eigenvalue weighted by molar-refractivity contribution is 0.0635. The molecule has 1 aliphatic heterocycles. The fourth-order valence-electron chi connectivity index (χ4n) is 2.46. The Kier molecular flexibility index (Phi) is 5.36. The molecule has 1 amide bonds. The number of hydrogen-bond donors (Lipinski definition) is 1. The quantitative estimate of drug-likeness (QED) is 0.892. The summed E-state index contributed by atoms with van der Waals surface area (Å²) in [6, 6.07) is 0. The Hall–Kier alpha value is -2.24. The number of anilines is 1. The van der Waals surface area contributed by atoms with Gasteiger partial charge in [-0.3, -0.25) is 10.3 Å². The highest BCUT2D eigenvalue weighted by atomic mass is 16.6. The van der Waals surface area contributed by atoms with E-state index in [0.717, 1.165) is 18.5 Å². The summed E-state index contributed by atoms with van der Waals surface area (Å²) < 4.78 is 5.31. The Labute approximate surface area is 143 Å². The molecule has 1 unspecified atom stereocenters. The smallest absolute Gasteiger partial charge is 0.413 e. The van der Waals surface area contributed by atoms with Gasteiger partial charge in [0.15, 0.2) is 11.6 Å². The summed E-state index contributed by atoms with van der Waals surface area (Å²) in [5.74, 6) is 1.71. The van der Waals surface area contributed by atoms with Crippen molar-refractivity contribution < 1.29 is 9.53 Å². The maximum Gasteiger partial charge on any atom is 0.413 e. The van der Waals surface area contributed by atoms with E-state index < -0.39 is 11.7 Å². The SMILES string of the molecule is C=Cc1nc2c(c(NC(=O)OC(C)(C)C)n1)N=CC(C(C)C)CC2. The minimum absolute atomic E-state index is 0.366. The number of carbonyl (C=O) groups excluding carboxylic acids is 1. The molecule has 0 saturated carbocycles. The number of fused-ring (bicyclic) bond motifs is 1. The largest absolute Gasteiger partial charge is 0.444 e. The zero-order chi connectivity index (χ0) is 17.9. The zero-order valence-corrected chi connectivity index (χ0v) is 15.1. The highest BCUT2D eigenvalue weighted by molar-refractivity contribution is 5.89. The van der Waals surface area contributed by atoms with E-state index in [1.165, 1.54) is 0 Å². The van der Waals surface area contributed by atoms with Gasteiger partial charge in [-0.1, -0.05) is 20.4 Å². The van der Waals surface area contributed by atoms with E-state index >= 15 is 0 Å². The molecule has 0 radical (unpaired) electrons. The summed E-state index contributed by atoms with van der Waals surface area (Å²) in [4.78, 5) is 25.5. The van der Waals surface area contributed by atoms with Gasteiger partial charge >= 0.3 is 6.09 Å². The summed E-state index contributed by atoms with van der Waals surface area (Å²) >= 11 is 0. The monoisotopic (exact) mass is 330 g/mol. The third kappa shape index (κ3) is 4.63. The summed E-state index contributed by atoms with van der Waals surface area (Å²) in [7, 11) is 0. The van der Waals surface area contributed by atoms with Crippen molar-refractivity contribution in [3.05, 3.63) is 18.1 Å². The van der Waals surface area contributed by atoms with Crippen molar-refractivity contribution >= 4 is 29.9 Å². The fraction of sp³-hybridized carbons (Fsp3) is 0.556.